The molecule has 0 unspecified atom stereocenters. The molecular weight excluding hydrogens is 308 g/mol. The van der Waals surface area contributed by atoms with Crippen LogP contribution in [-0.4, -0.2) is 73.9 Å². The van der Waals surface area contributed by atoms with Gasteiger partial charge in [-0.1, -0.05) is 6.07 Å². The van der Waals surface area contributed by atoms with Crippen LogP contribution in [0.4, 0.5) is 0 Å². The summed E-state index contributed by atoms with van der Waals surface area (Å²) in [6, 6.07) is 5.03. The maximum Gasteiger partial charge on any atom is 0.257 e. The van der Waals surface area contributed by atoms with Gasteiger partial charge in [0, 0.05) is 45.9 Å². The number of hydrogen-bond donors (Lipinski definition) is 1. The third kappa shape index (κ3) is 3.82. The first-order valence-electron chi connectivity index (χ1n) is 8.64. The summed E-state index contributed by atoms with van der Waals surface area (Å²) in [4.78, 5) is 16.9. The Hall–Kier alpha value is -1.79. The molecule has 0 bridgehead atoms. The maximum absolute atomic E-state index is 12.7. The molecule has 3 rings (SSSR count). The van der Waals surface area contributed by atoms with E-state index in [-0.39, 0.29) is 11.7 Å². The molecular formula is C18H26N2O4. The van der Waals surface area contributed by atoms with E-state index in [2.05, 4.69) is 4.90 Å². The van der Waals surface area contributed by atoms with Gasteiger partial charge in [-0.15, -0.1) is 0 Å². The molecule has 132 valence electrons. The number of carbonyl (C=O) groups excluding carboxylic acids is 1. The molecule has 1 aromatic rings. The van der Waals surface area contributed by atoms with Crippen molar-refractivity contribution in [3.8, 4) is 11.5 Å². The quantitative estimate of drug-likeness (QED) is 0.906. The van der Waals surface area contributed by atoms with Gasteiger partial charge >= 0.3 is 0 Å². The SMILES string of the molecule is COc1cccc(C(=O)N2CCN(CC3CCOCC3)CC2)c1O. The van der Waals surface area contributed by atoms with Crippen LogP contribution in [-0.2, 0) is 4.74 Å². The first-order chi connectivity index (χ1) is 11.7. The minimum absolute atomic E-state index is 0.0744. The van der Waals surface area contributed by atoms with E-state index in [1.54, 1.807) is 18.2 Å². The Morgan fingerprint density at radius 3 is 2.62 bits per heavy atom. The number of amides is 1. The second kappa shape index (κ2) is 7.85. The zero-order chi connectivity index (χ0) is 16.9. The average molecular weight is 334 g/mol. The molecule has 1 aromatic carbocycles. The highest BCUT2D eigenvalue weighted by molar-refractivity contribution is 5.97. The Labute approximate surface area is 143 Å². The van der Waals surface area contributed by atoms with Crippen molar-refractivity contribution >= 4 is 5.91 Å². The first kappa shape index (κ1) is 17.0. The molecule has 24 heavy (non-hydrogen) atoms. The van der Waals surface area contributed by atoms with Gasteiger partial charge in [0.15, 0.2) is 11.5 Å². The molecule has 2 heterocycles. The van der Waals surface area contributed by atoms with Crippen molar-refractivity contribution in [3.05, 3.63) is 23.8 Å². The molecule has 2 aliphatic rings. The van der Waals surface area contributed by atoms with E-state index >= 15 is 0 Å². The second-order valence-electron chi connectivity index (χ2n) is 6.50. The summed E-state index contributed by atoms with van der Waals surface area (Å²) >= 11 is 0. The van der Waals surface area contributed by atoms with Gasteiger partial charge in [0.05, 0.1) is 12.7 Å². The van der Waals surface area contributed by atoms with Crippen LogP contribution in [0.2, 0.25) is 0 Å². The number of phenols is 1. The lowest BCUT2D eigenvalue weighted by atomic mass is 9.99. The highest BCUT2D eigenvalue weighted by atomic mass is 16.5. The number of methoxy groups -OCH3 is 1. The minimum atomic E-state index is -0.128. The van der Waals surface area contributed by atoms with E-state index < -0.39 is 0 Å². The van der Waals surface area contributed by atoms with E-state index in [9.17, 15) is 9.90 Å². The molecule has 0 atom stereocenters. The predicted octanol–water partition coefficient (Wildman–Crippen LogP) is 1.59. The summed E-state index contributed by atoms with van der Waals surface area (Å²) < 4.78 is 10.5. The van der Waals surface area contributed by atoms with Gasteiger partial charge in [-0.2, -0.15) is 0 Å². The standard InChI is InChI=1S/C18H26N2O4/c1-23-16-4-2-3-15(17(16)21)18(22)20-9-7-19(8-10-20)13-14-5-11-24-12-6-14/h2-4,14,21H,5-13H2,1H3. The van der Waals surface area contributed by atoms with Crippen LogP contribution in [0.3, 0.4) is 0 Å². The Kier molecular flexibility index (Phi) is 5.58. The van der Waals surface area contributed by atoms with Crippen LogP contribution in [0.15, 0.2) is 18.2 Å². The van der Waals surface area contributed by atoms with E-state index in [1.807, 2.05) is 4.90 Å². The molecule has 0 spiro atoms. The Morgan fingerprint density at radius 1 is 1.25 bits per heavy atom. The van der Waals surface area contributed by atoms with E-state index in [1.165, 1.54) is 7.11 Å². The third-order valence-electron chi connectivity index (χ3n) is 4.97. The van der Waals surface area contributed by atoms with Crippen LogP contribution >= 0.6 is 0 Å². The summed E-state index contributed by atoms with van der Waals surface area (Å²) in [5.74, 6) is 0.842. The molecule has 0 aliphatic carbocycles. The highest BCUT2D eigenvalue weighted by Gasteiger charge is 2.26. The van der Waals surface area contributed by atoms with E-state index in [4.69, 9.17) is 9.47 Å². The molecule has 0 saturated carbocycles. The van der Waals surface area contributed by atoms with Crippen LogP contribution in [0.25, 0.3) is 0 Å². The predicted molar refractivity (Wildman–Crippen MR) is 90.5 cm³/mol. The molecule has 6 nitrogen and oxygen atoms in total. The number of piperazine rings is 1. The summed E-state index contributed by atoms with van der Waals surface area (Å²) in [6.45, 7) is 5.99. The van der Waals surface area contributed by atoms with Gasteiger partial charge in [0.25, 0.3) is 5.91 Å². The molecule has 6 heteroatoms. The summed E-state index contributed by atoms with van der Waals surface area (Å²) in [5.41, 5.74) is 0.312. The largest absolute Gasteiger partial charge is 0.504 e. The van der Waals surface area contributed by atoms with Gasteiger partial charge in [-0.25, -0.2) is 0 Å². The van der Waals surface area contributed by atoms with Gasteiger partial charge in [0.1, 0.15) is 0 Å². The number of rotatable bonds is 4. The van der Waals surface area contributed by atoms with Gasteiger partial charge in [0.2, 0.25) is 0 Å². The average Bonchev–Trinajstić information content (AvgIpc) is 2.63. The maximum atomic E-state index is 12.7. The fraction of sp³-hybridized carbons (Fsp3) is 0.611. The number of benzene rings is 1. The Balaban J connectivity index is 1.55. The van der Waals surface area contributed by atoms with Crippen LogP contribution in [0.1, 0.15) is 23.2 Å². The number of nitrogens with zero attached hydrogens (tertiary/aromatic N) is 2. The molecule has 0 aromatic heterocycles. The highest BCUT2D eigenvalue weighted by Crippen LogP contribution is 2.30. The normalized spacial score (nSPS) is 20.1. The molecule has 0 radical (unpaired) electrons. The fourth-order valence-corrected chi connectivity index (χ4v) is 3.46. The summed E-state index contributed by atoms with van der Waals surface area (Å²) in [7, 11) is 1.48. The van der Waals surface area contributed by atoms with Gasteiger partial charge in [-0.05, 0) is 30.9 Å². The monoisotopic (exact) mass is 334 g/mol. The molecule has 2 fully saturated rings. The Bertz CT molecular complexity index is 564. The van der Waals surface area contributed by atoms with Gasteiger partial charge in [-0.3, -0.25) is 9.69 Å². The summed E-state index contributed by atoms with van der Waals surface area (Å²) in [5, 5.41) is 10.2. The van der Waals surface area contributed by atoms with Crippen LogP contribution in [0.5, 0.6) is 11.5 Å². The Morgan fingerprint density at radius 2 is 1.96 bits per heavy atom. The lowest BCUT2D eigenvalue weighted by Crippen LogP contribution is -2.50. The topological polar surface area (TPSA) is 62.2 Å². The lowest BCUT2D eigenvalue weighted by molar-refractivity contribution is 0.0392. The van der Waals surface area contributed by atoms with Crippen molar-refractivity contribution in [3.63, 3.8) is 0 Å². The number of hydrogen-bond acceptors (Lipinski definition) is 5. The van der Waals surface area contributed by atoms with E-state index in [0.29, 0.717) is 30.3 Å². The fourth-order valence-electron chi connectivity index (χ4n) is 3.46. The van der Waals surface area contributed by atoms with Crippen molar-refractivity contribution < 1.29 is 19.4 Å². The molecule has 2 saturated heterocycles. The smallest absolute Gasteiger partial charge is 0.257 e. The first-order valence-corrected chi connectivity index (χ1v) is 8.64. The molecule has 1 N–H and O–H groups in total. The second-order valence-corrected chi connectivity index (χ2v) is 6.50. The van der Waals surface area contributed by atoms with Crippen LogP contribution < -0.4 is 4.74 Å². The van der Waals surface area contributed by atoms with Crippen molar-refractivity contribution in [2.45, 2.75) is 12.8 Å². The van der Waals surface area contributed by atoms with E-state index in [0.717, 1.165) is 45.7 Å². The van der Waals surface area contributed by atoms with Crippen molar-refractivity contribution in [2.24, 2.45) is 5.92 Å². The molecule has 1 amide bonds. The number of aromatic hydroxyl groups is 1. The van der Waals surface area contributed by atoms with Crippen molar-refractivity contribution in [1.29, 1.82) is 0 Å². The number of carbonyl (C=O) groups is 1. The summed E-state index contributed by atoms with van der Waals surface area (Å²) in [6.07, 6.45) is 2.27. The number of phenolic OH excluding ortho intramolecular Hbond substituents is 1. The third-order valence-corrected chi connectivity index (χ3v) is 4.97. The minimum Gasteiger partial charge on any atom is -0.504 e. The molecule has 2 aliphatic heterocycles. The van der Waals surface area contributed by atoms with Gasteiger partial charge < -0.3 is 19.5 Å². The zero-order valence-electron chi connectivity index (χ0n) is 14.2. The number of para-hydroxylation sites is 1. The van der Waals surface area contributed by atoms with Crippen molar-refractivity contribution in [1.82, 2.24) is 9.80 Å². The lowest BCUT2D eigenvalue weighted by Gasteiger charge is -2.37. The number of ether oxygens (including phenoxy) is 2. The zero-order valence-corrected chi connectivity index (χ0v) is 14.2. The van der Waals surface area contributed by atoms with Crippen molar-refractivity contribution in [2.75, 3.05) is 53.0 Å². The van der Waals surface area contributed by atoms with Crippen LogP contribution in [0, 0.1) is 5.92 Å².